The highest BCUT2D eigenvalue weighted by Gasteiger charge is 2.38. The van der Waals surface area contributed by atoms with E-state index in [0.717, 1.165) is 0 Å². The average molecular weight is 404 g/mol. The number of nitrogens with two attached hydrogens (primary N) is 2. The van der Waals surface area contributed by atoms with Crippen LogP contribution in [0.5, 0.6) is 0 Å². The molecule has 0 spiro atoms. The minimum atomic E-state index is -0.809. The average Bonchev–Trinajstić information content (AvgIpc) is 2.78. The maximum atomic E-state index is 7.94. The fraction of sp³-hybridized carbons (Fsp3) is 0.0833. The van der Waals surface area contributed by atoms with Crippen molar-refractivity contribution in [2.24, 2.45) is 21.7 Å². The van der Waals surface area contributed by atoms with Crippen molar-refractivity contribution in [3.8, 4) is 0 Å². The van der Waals surface area contributed by atoms with Gasteiger partial charge in [0.15, 0.2) is 22.0 Å². The number of halogens is 2. The van der Waals surface area contributed by atoms with Gasteiger partial charge in [0.2, 0.25) is 5.90 Å². The van der Waals surface area contributed by atoms with E-state index < -0.39 is 6.10 Å². The van der Waals surface area contributed by atoms with Crippen LogP contribution in [0.3, 0.4) is 0 Å². The van der Waals surface area contributed by atoms with Crippen molar-refractivity contribution in [2.75, 3.05) is 0 Å². The van der Waals surface area contributed by atoms with Crippen LogP contribution in [0.2, 0.25) is 10.0 Å². The number of ether oxygens (including phenoxy) is 1. The molecule has 1 atom stereocenters. The van der Waals surface area contributed by atoms with Crippen LogP contribution in [0.1, 0.15) is 11.7 Å². The first-order chi connectivity index (χ1) is 11.3. The smallest absolute Gasteiger partial charge is 0.237 e. The third kappa shape index (κ3) is 4.29. The highest BCUT2D eigenvalue weighted by molar-refractivity contribution is 7.80. The van der Waals surface area contributed by atoms with Gasteiger partial charge in [-0.25, -0.2) is 0 Å². The summed E-state index contributed by atoms with van der Waals surface area (Å²) in [7, 11) is 0. The second kappa shape index (κ2) is 7.71. The van der Waals surface area contributed by atoms with Gasteiger partial charge in [-0.05, 0) is 36.6 Å². The zero-order valence-corrected chi connectivity index (χ0v) is 15.0. The summed E-state index contributed by atoms with van der Waals surface area (Å²) in [5.74, 6) is -0.252. The number of hydrogen-bond donors (Lipinski definition) is 5. The molecule has 126 valence electrons. The normalized spacial score (nSPS) is 20.1. The van der Waals surface area contributed by atoms with Crippen LogP contribution < -0.4 is 22.3 Å². The molecule has 1 aromatic carbocycles. The first-order valence-electron chi connectivity index (χ1n) is 6.26. The molecule has 0 radical (unpaired) electrons. The van der Waals surface area contributed by atoms with Crippen molar-refractivity contribution >= 4 is 75.2 Å². The van der Waals surface area contributed by atoms with E-state index in [9.17, 15) is 0 Å². The molecular weight excluding hydrogens is 393 g/mol. The Morgan fingerprint density at radius 2 is 1.79 bits per heavy atom. The Labute approximate surface area is 157 Å². The molecule has 1 aromatic rings. The van der Waals surface area contributed by atoms with Crippen molar-refractivity contribution in [2.45, 2.75) is 6.10 Å². The lowest BCUT2D eigenvalue weighted by Gasteiger charge is -2.12. The Balaban J connectivity index is 2.48. The summed E-state index contributed by atoms with van der Waals surface area (Å²) >= 11 is 21.5. The van der Waals surface area contributed by atoms with E-state index in [-0.39, 0.29) is 27.5 Å². The number of nitrogens with one attached hydrogen (secondary N) is 3. The molecule has 7 N–H and O–H groups in total. The fourth-order valence-corrected chi connectivity index (χ4v) is 2.44. The minimum Gasteiger partial charge on any atom is -0.461 e. The zero-order chi connectivity index (χ0) is 17.9. The summed E-state index contributed by atoms with van der Waals surface area (Å²) in [6.07, 6.45) is -0.809. The van der Waals surface area contributed by atoms with Gasteiger partial charge in [0.25, 0.3) is 0 Å². The first-order valence-corrected chi connectivity index (χ1v) is 7.84. The monoisotopic (exact) mass is 403 g/mol. The summed E-state index contributed by atoms with van der Waals surface area (Å²) in [6, 6.07) is 4.84. The summed E-state index contributed by atoms with van der Waals surface area (Å²) in [4.78, 5) is 0. The molecule has 1 fully saturated rings. The lowest BCUT2D eigenvalue weighted by atomic mass is 10.0. The van der Waals surface area contributed by atoms with Crippen molar-refractivity contribution < 1.29 is 4.74 Å². The van der Waals surface area contributed by atoms with Crippen LogP contribution in [-0.4, -0.2) is 27.5 Å². The predicted molar refractivity (Wildman–Crippen MR) is 103 cm³/mol. The topological polar surface area (TPSA) is 134 Å². The van der Waals surface area contributed by atoms with E-state index in [1.165, 1.54) is 0 Å². The Morgan fingerprint density at radius 3 is 2.38 bits per heavy atom. The zero-order valence-electron chi connectivity index (χ0n) is 11.8. The summed E-state index contributed by atoms with van der Waals surface area (Å²) in [5.41, 5.74) is 16.4. The van der Waals surface area contributed by atoms with Crippen molar-refractivity contribution in [3.05, 3.63) is 33.8 Å². The van der Waals surface area contributed by atoms with Crippen LogP contribution in [0.25, 0.3) is 0 Å². The van der Waals surface area contributed by atoms with Gasteiger partial charge in [0.1, 0.15) is 5.71 Å². The molecule has 0 bridgehead atoms. The Bertz CT molecular complexity index is 781. The van der Waals surface area contributed by atoms with Crippen LogP contribution in [0.15, 0.2) is 28.4 Å². The van der Waals surface area contributed by atoms with Crippen molar-refractivity contribution in [1.29, 1.82) is 5.41 Å². The highest BCUT2D eigenvalue weighted by Crippen LogP contribution is 2.33. The molecule has 0 saturated carbocycles. The molecule has 0 amide bonds. The van der Waals surface area contributed by atoms with E-state index in [2.05, 4.69) is 33.3 Å². The Morgan fingerprint density at radius 1 is 1.17 bits per heavy atom. The molecular formula is C12H11Cl2N7OS2. The van der Waals surface area contributed by atoms with Gasteiger partial charge in [-0.3, -0.25) is 16.3 Å². The second-order valence-corrected chi connectivity index (χ2v) is 6.13. The van der Waals surface area contributed by atoms with Gasteiger partial charge in [0, 0.05) is 15.6 Å². The lowest BCUT2D eigenvalue weighted by molar-refractivity contribution is 0.274. The minimum absolute atomic E-state index is 0.0662. The maximum Gasteiger partial charge on any atom is 0.237 e. The molecule has 1 saturated heterocycles. The number of hydrazone groups is 2. The summed E-state index contributed by atoms with van der Waals surface area (Å²) < 4.78 is 5.50. The van der Waals surface area contributed by atoms with Crippen LogP contribution in [0, 0.1) is 5.41 Å². The van der Waals surface area contributed by atoms with E-state index in [1.54, 1.807) is 18.2 Å². The molecule has 0 unspecified atom stereocenters. The van der Waals surface area contributed by atoms with Crippen molar-refractivity contribution in [3.63, 3.8) is 0 Å². The van der Waals surface area contributed by atoms with E-state index >= 15 is 0 Å². The molecule has 24 heavy (non-hydrogen) atoms. The number of thiocarbonyl (C=S) groups is 2. The van der Waals surface area contributed by atoms with Crippen molar-refractivity contribution in [1.82, 2.24) is 10.9 Å². The Kier molecular flexibility index (Phi) is 5.89. The van der Waals surface area contributed by atoms with E-state index in [4.69, 9.17) is 57.0 Å². The van der Waals surface area contributed by atoms with Crippen LogP contribution in [0.4, 0.5) is 0 Å². The lowest BCUT2D eigenvalue weighted by Crippen LogP contribution is -2.31. The SMILES string of the molecule is N=C1O[C@@H](c2ccc(Cl)cc2Cl)C(=N\NC(N)=S)/C1=N\NC(N)=S. The number of hydrogen-bond acceptors (Lipinski definition) is 6. The quantitative estimate of drug-likeness (QED) is 0.380. The second-order valence-electron chi connectivity index (χ2n) is 4.40. The molecule has 12 heteroatoms. The molecule has 1 aliphatic rings. The van der Waals surface area contributed by atoms with Gasteiger partial charge in [-0.1, -0.05) is 29.3 Å². The highest BCUT2D eigenvalue weighted by atomic mass is 35.5. The molecule has 2 rings (SSSR count). The van der Waals surface area contributed by atoms with Crippen LogP contribution in [-0.2, 0) is 4.74 Å². The number of rotatable bonds is 3. The fourth-order valence-electron chi connectivity index (χ4n) is 1.84. The van der Waals surface area contributed by atoms with Gasteiger partial charge in [-0.15, -0.1) is 0 Å². The van der Waals surface area contributed by atoms with Gasteiger partial charge < -0.3 is 16.2 Å². The van der Waals surface area contributed by atoms with Gasteiger partial charge in [0.05, 0.1) is 0 Å². The molecule has 8 nitrogen and oxygen atoms in total. The molecule has 1 heterocycles. The molecule has 1 aliphatic heterocycles. The first kappa shape index (κ1) is 18.3. The largest absolute Gasteiger partial charge is 0.461 e. The molecule has 0 aliphatic carbocycles. The van der Waals surface area contributed by atoms with E-state index in [0.29, 0.717) is 15.6 Å². The van der Waals surface area contributed by atoms with E-state index in [1.807, 2.05) is 0 Å². The Hall–Kier alpha value is -2.01. The summed E-state index contributed by atoms with van der Waals surface area (Å²) in [5, 5.41) is 16.5. The predicted octanol–water partition coefficient (Wildman–Crippen LogP) is 1.42. The third-order valence-corrected chi connectivity index (χ3v) is 3.50. The summed E-state index contributed by atoms with van der Waals surface area (Å²) in [6.45, 7) is 0. The standard InChI is InChI=1S/C12H11Cl2N7OS2/c13-4-1-2-5(6(14)3-4)9-7(18-20-11(16)23)8(10(15)22-9)19-21-12(17)24/h1-3,9,15H,(H3,16,20,23)(H3,17,21,24)/b15-10?,18-7-,19-8+/t9-/m0/s1. The maximum absolute atomic E-state index is 7.94. The number of benzene rings is 1. The molecule has 0 aromatic heterocycles. The van der Waals surface area contributed by atoms with Gasteiger partial charge >= 0.3 is 0 Å². The third-order valence-electron chi connectivity index (χ3n) is 2.75. The number of nitrogens with zero attached hydrogens (tertiary/aromatic N) is 2. The van der Waals surface area contributed by atoms with Gasteiger partial charge in [-0.2, -0.15) is 10.2 Å². The van der Waals surface area contributed by atoms with Crippen LogP contribution >= 0.6 is 47.6 Å².